The van der Waals surface area contributed by atoms with Crippen molar-refractivity contribution in [2.24, 2.45) is 0 Å². The van der Waals surface area contributed by atoms with Gasteiger partial charge in [-0.2, -0.15) is 0 Å². The molecule has 0 saturated carbocycles. The Bertz CT molecular complexity index is 163. The predicted molar refractivity (Wildman–Crippen MR) is 66.1 cm³/mol. The summed E-state index contributed by atoms with van der Waals surface area (Å²) in [4.78, 5) is 2.24. The molecule has 0 heterocycles. The number of aliphatic hydroxyl groups excluding tert-OH is 1. The van der Waals surface area contributed by atoms with E-state index in [-0.39, 0.29) is 6.61 Å². The van der Waals surface area contributed by atoms with E-state index in [0.717, 1.165) is 32.6 Å². The van der Waals surface area contributed by atoms with E-state index in [1.165, 1.54) is 5.57 Å². The van der Waals surface area contributed by atoms with Crippen molar-refractivity contribution in [2.75, 3.05) is 32.8 Å². The van der Waals surface area contributed by atoms with Crippen molar-refractivity contribution in [1.29, 1.82) is 0 Å². The van der Waals surface area contributed by atoms with Crippen LogP contribution in [0.15, 0.2) is 12.2 Å². The normalized spacial score (nSPS) is 11.3. The van der Waals surface area contributed by atoms with Crippen LogP contribution in [-0.2, 0) is 0 Å². The second kappa shape index (κ2) is 8.89. The van der Waals surface area contributed by atoms with Crippen molar-refractivity contribution in [2.45, 2.75) is 33.2 Å². The highest BCUT2D eigenvalue weighted by Gasteiger charge is 2.05. The summed E-state index contributed by atoms with van der Waals surface area (Å²) < 4.78 is 0. The highest BCUT2D eigenvalue weighted by Crippen LogP contribution is 1.97. The smallest absolute Gasteiger partial charge is 0.0558 e. The van der Waals surface area contributed by atoms with Gasteiger partial charge in [0.15, 0.2) is 0 Å². The number of hydrogen-bond acceptors (Lipinski definition) is 3. The van der Waals surface area contributed by atoms with Crippen molar-refractivity contribution in [3.63, 3.8) is 0 Å². The van der Waals surface area contributed by atoms with E-state index in [1.807, 2.05) is 0 Å². The fourth-order valence-electron chi connectivity index (χ4n) is 1.45. The lowest BCUT2D eigenvalue weighted by Crippen LogP contribution is -2.33. The van der Waals surface area contributed by atoms with Crippen LogP contribution in [0.4, 0.5) is 0 Å². The lowest BCUT2D eigenvalue weighted by Gasteiger charge is -2.22. The molecule has 0 aliphatic heterocycles. The zero-order valence-electron chi connectivity index (χ0n) is 10.4. The maximum Gasteiger partial charge on any atom is 0.0558 e. The second-order valence-corrected chi connectivity index (χ2v) is 4.29. The van der Waals surface area contributed by atoms with Crippen molar-refractivity contribution in [1.82, 2.24) is 10.2 Å². The van der Waals surface area contributed by atoms with Crippen LogP contribution in [0.3, 0.4) is 0 Å². The summed E-state index contributed by atoms with van der Waals surface area (Å²) in [6.07, 6.45) is 1.12. The van der Waals surface area contributed by atoms with Gasteiger partial charge in [0, 0.05) is 25.7 Å². The van der Waals surface area contributed by atoms with E-state index in [1.54, 1.807) is 0 Å². The Morgan fingerprint density at radius 1 is 1.40 bits per heavy atom. The molecule has 0 aliphatic carbocycles. The molecule has 0 rings (SSSR count). The first-order valence-electron chi connectivity index (χ1n) is 5.83. The van der Waals surface area contributed by atoms with Crippen molar-refractivity contribution < 1.29 is 5.11 Å². The van der Waals surface area contributed by atoms with Crippen LogP contribution < -0.4 is 5.32 Å². The van der Waals surface area contributed by atoms with Gasteiger partial charge in [-0.1, -0.05) is 27.4 Å². The van der Waals surface area contributed by atoms with Gasteiger partial charge in [-0.05, 0) is 18.5 Å². The molecule has 0 aromatic carbocycles. The Hall–Kier alpha value is -0.380. The van der Waals surface area contributed by atoms with Gasteiger partial charge in [0.1, 0.15) is 0 Å². The van der Waals surface area contributed by atoms with Gasteiger partial charge < -0.3 is 10.4 Å². The first-order chi connectivity index (χ1) is 7.10. The molecule has 3 heteroatoms. The first-order valence-corrected chi connectivity index (χ1v) is 5.83. The van der Waals surface area contributed by atoms with Gasteiger partial charge in [0.05, 0.1) is 6.61 Å². The Kier molecular flexibility index (Phi) is 8.67. The topological polar surface area (TPSA) is 35.5 Å². The summed E-state index contributed by atoms with van der Waals surface area (Å²) >= 11 is 0. The molecule has 0 spiro atoms. The zero-order chi connectivity index (χ0) is 11.7. The number of hydrogen-bond donors (Lipinski definition) is 2. The fraction of sp³-hybridized carbons (Fsp3) is 0.833. The van der Waals surface area contributed by atoms with Crippen LogP contribution in [0.2, 0.25) is 0 Å². The van der Waals surface area contributed by atoms with Gasteiger partial charge in [-0.25, -0.2) is 0 Å². The standard InChI is InChI=1S/C12H26N2O/c1-5-6-14(7-8-15)10-12(4)9-13-11(2)3/h11,13,15H,4-10H2,1-3H3. The molecule has 0 fully saturated rings. The third-order valence-corrected chi connectivity index (χ3v) is 2.16. The SMILES string of the molecule is C=C(CNC(C)C)CN(CCC)CCO. The Labute approximate surface area is 94.2 Å². The number of aliphatic hydroxyl groups is 1. The van der Waals surface area contributed by atoms with Crippen molar-refractivity contribution >= 4 is 0 Å². The molecule has 15 heavy (non-hydrogen) atoms. The minimum absolute atomic E-state index is 0.227. The maximum atomic E-state index is 8.91. The lowest BCUT2D eigenvalue weighted by atomic mass is 10.2. The predicted octanol–water partition coefficient (Wildman–Crippen LogP) is 1.24. The zero-order valence-corrected chi connectivity index (χ0v) is 10.4. The highest BCUT2D eigenvalue weighted by molar-refractivity contribution is 5.00. The lowest BCUT2D eigenvalue weighted by molar-refractivity contribution is 0.205. The fourth-order valence-corrected chi connectivity index (χ4v) is 1.45. The molecule has 0 aromatic rings. The minimum Gasteiger partial charge on any atom is -0.395 e. The Balaban J connectivity index is 3.77. The Morgan fingerprint density at radius 3 is 2.53 bits per heavy atom. The molecule has 0 aliphatic rings. The summed E-state index contributed by atoms with van der Waals surface area (Å²) in [6.45, 7) is 14.2. The van der Waals surface area contributed by atoms with Crippen LogP contribution in [0.1, 0.15) is 27.2 Å². The molecule has 2 N–H and O–H groups in total. The molecule has 0 unspecified atom stereocenters. The second-order valence-electron chi connectivity index (χ2n) is 4.29. The minimum atomic E-state index is 0.227. The molecule has 0 aromatic heterocycles. The van der Waals surface area contributed by atoms with Crippen LogP contribution in [0.5, 0.6) is 0 Å². The summed E-state index contributed by atoms with van der Waals surface area (Å²) in [5.41, 5.74) is 1.19. The third-order valence-electron chi connectivity index (χ3n) is 2.16. The van der Waals surface area contributed by atoms with E-state index < -0.39 is 0 Å². The van der Waals surface area contributed by atoms with Crippen molar-refractivity contribution in [3.8, 4) is 0 Å². The molecule has 0 bridgehead atoms. The summed E-state index contributed by atoms with van der Waals surface area (Å²) in [5, 5.41) is 12.3. The van der Waals surface area contributed by atoms with E-state index >= 15 is 0 Å². The molecule has 0 saturated heterocycles. The number of rotatable bonds is 9. The molecule has 0 amide bonds. The number of nitrogens with one attached hydrogen (secondary N) is 1. The summed E-state index contributed by atoms with van der Waals surface area (Å²) in [7, 11) is 0. The average Bonchev–Trinajstić information content (AvgIpc) is 2.15. The van der Waals surface area contributed by atoms with Gasteiger partial charge in [-0.3, -0.25) is 4.90 Å². The van der Waals surface area contributed by atoms with Gasteiger partial charge in [-0.15, -0.1) is 0 Å². The van der Waals surface area contributed by atoms with Crippen LogP contribution in [0.25, 0.3) is 0 Å². The molecule has 0 atom stereocenters. The summed E-state index contributed by atoms with van der Waals surface area (Å²) in [5.74, 6) is 0. The van der Waals surface area contributed by atoms with E-state index in [0.29, 0.717) is 6.04 Å². The molecule has 3 nitrogen and oxygen atoms in total. The van der Waals surface area contributed by atoms with E-state index in [9.17, 15) is 0 Å². The van der Waals surface area contributed by atoms with E-state index in [4.69, 9.17) is 5.11 Å². The van der Waals surface area contributed by atoms with Gasteiger partial charge in [0.2, 0.25) is 0 Å². The van der Waals surface area contributed by atoms with Gasteiger partial charge >= 0.3 is 0 Å². The largest absolute Gasteiger partial charge is 0.395 e. The third kappa shape index (κ3) is 8.60. The quantitative estimate of drug-likeness (QED) is 0.567. The Morgan fingerprint density at radius 2 is 2.07 bits per heavy atom. The average molecular weight is 214 g/mol. The highest BCUT2D eigenvalue weighted by atomic mass is 16.3. The van der Waals surface area contributed by atoms with Crippen molar-refractivity contribution in [3.05, 3.63) is 12.2 Å². The van der Waals surface area contributed by atoms with Crippen LogP contribution >= 0.6 is 0 Å². The molecule has 90 valence electrons. The van der Waals surface area contributed by atoms with Crippen LogP contribution in [-0.4, -0.2) is 48.8 Å². The van der Waals surface area contributed by atoms with Crippen LogP contribution in [0, 0.1) is 0 Å². The molecular weight excluding hydrogens is 188 g/mol. The van der Waals surface area contributed by atoms with Gasteiger partial charge in [0.25, 0.3) is 0 Å². The first kappa shape index (κ1) is 14.6. The molecule has 0 radical (unpaired) electrons. The molecular formula is C12H26N2O. The summed E-state index contributed by atoms with van der Waals surface area (Å²) in [6, 6.07) is 0.499. The monoisotopic (exact) mass is 214 g/mol. The maximum absolute atomic E-state index is 8.91. The number of nitrogens with zero attached hydrogens (tertiary/aromatic N) is 1. The van der Waals surface area contributed by atoms with E-state index in [2.05, 4.69) is 37.6 Å².